The van der Waals surface area contributed by atoms with Crippen LogP contribution in [-0.4, -0.2) is 0 Å². The van der Waals surface area contributed by atoms with Crippen molar-refractivity contribution < 1.29 is 19.5 Å². The van der Waals surface area contributed by atoms with Crippen molar-refractivity contribution in [2.45, 2.75) is 0 Å². The van der Waals surface area contributed by atoms with Crippen LogP contribution in [0.25, 0.3) is 87.3 Å². The Kier molecular flexibility index (Phi) is 2.98. The first-order valence-electron chi connectivity index (χ1n) is 18.7. The van der Waals surface area contributed by atoms with E-state index in [1.807, 2.05) is 54.6 Å². The zero-order valence-electron chi connectivity index (χ0n) is 32.4. The lowest BCUT2D eigenvalue weighted by molar-refractivity contribution is 0.669. The van der Waals surface area contributed by atoms with E-state index in [9.17, 15) is 2.74 Å². The molecule has 8 aromatic carbocycles. The van der Waals surface area contributed by atoms with Crippen LogP contribution in [0.4, 0.5) is 0 Å². The molecular weight excluding hydrogens is 496 g/mol. The Morgan fingerprint density at radius 1 is 0.439 bits per heavy atom. The zero-order chi connectivity index (χ0) is 36.5. The molecule has 1 heteroatoms. The fourth-order valence-corrected chi connectivity index (χ4v) is 5.92. The lowest BCUT2D eigenvalue weighted by Crippen LogP contribution is -1.87. The summed E-state index contributed by atoms with van der Waals surface area (Å²) in [6.07, 6.45) is 0. The van der Waals surface area contributed by atoms with Gasteiger partial charge in [0.05, 0.1) is 15.1 Å². The zero-order valence-corrected chi connectivity index (χ0v) is 21.4. The Morgan fingerprint density at radius 2 is 1.24 bits per heavy atom. The quantitative estimate of drug-likeness (QED) is 0.160. The van der Waals surface area contributed by atoms with Gasteiger partial charge in [-0.1, -0.05) is 115 Å². The van der Waals surface area contributed by atoms with Gasteiger partial charge in [0.2, 0.25) is 0 Å². The molecule has 0 aliphatic carbocycles. The van der Waals surface area contributed by atoms with Gasteiger partial charge in [-0.3, -0.25) is 0 Å². The molecule has 0 unspecified atom stereocenters. The summed E-state index contributed by atoms with van der Waals surface area (Å²) in [4.78, 5) is 0. The summed E-state index contributed by atoms with van der Waals surface area (Å²) in [5, 5.41) is 2.76. The number of hydrogen-bond acceptors (Lipinski definition) is 1. The SMILES string of the molecule is [2H]c1c([2H])c([2H])c2c([2H])c3c(c([2H])c([2H])c4c([2H])c([2H])c([2H])c([2H])c43)c(-c3ccc4oc5cc6cccc(-c7ccccc7)c6cc5c4c3)c2c1[2H]. The maximum atomic E-state index is 9.36. The summed E-state index contributed by atoms with van der Waals surface area (Å²) >= 11 is 0. The van der Waals surface area contributed by atoms with E-state index in [4.69, 9.17) is 16.8 Å². The third-order valence-electron chi connectivity index (χ3n) is 7.78. The van der Waals surface area contributed by atoms with Crippen LogP contribution >= 0.6 is 0 Å². The van der Waals surface area contributed by atoms with Crippen LogP contribution in [0.1, 0.15) is 15.1 Å². The van der Waals surface area contributed by atoms with Crippen molar-refractivity contribution in [3.63, 3.8) is 0 Å². The van der Waals surface area contributed by atoms with Crippen molar-refractivity contribution in [1.29, 1.82) is 0 Å². The summed E-state index contributed by atoms with van der Waals surface area (Å²) in [5.74, 6) is 0. The minimum atomic E-state index is -0.584. The van der Waals surface area contributed by atoms with E-state index >= 15 is 0 Å². The minimum Gasteiger partial charge on any atom is -0.456 e. The molecule has 41 heavy (non-hydrogen) atoms. The molecule has 190 valence electrons. The molecule has 0 aliphatic rings. The first kappa shape index (κ1) is 14.3. The average molecular weight is 532 g/mol. The van der Waals surface area contributed by atoms with Gasteiger partial charge in [-0.2, -0.15) is 0 Å². The third kappa shape index (κ3) is 3.36. The minimum absolute atomic E-state index is 0.0194. The molecule has 0 N–H and O–H groups in total. The van der Waals surface area contributed by atoms with Crippen LogP contribution in [0.5, 0.6) is 0 Å². The first-order valence-corrected chi connectivity index (χ1v) is 13.2. The second-order valence-corrected chi connectivity index (χ2v) is 10.1. The molecule has 0 fully saturated rings. The van der Waals surface area contributed by atoms with Crippen molar-refractivity contribution in [2.24, 2.45) is 0 Å². The van der Waals surface area contributed by atoms with E-state index in [1.54, 1.807) is 12.1 Å². The molecule has 1 heterocycles. The van der Waals surface area contributed by atoms with Crippen molar-refractivity contribution in [3.8, 4) is 22.3 Å². The highest BCUT2D eigenvalue weighted by atomic mass is 16.3. The molecule has 1 nitrogen and oxygen atoms in total. The Morgan fingerprint density at radius 3 is 2.15 bits per heavy atom. The van der Waals surface area contributed by atoms with Gasteiger partial charge in [-0.15, -0.1) is 0 Å². The molecule has 1 aromatic heterocycles. The Balaban J connectivity index is 1.48. The van der Waals surface area contributed by atoms with Gasteiger partial charge >= 0.3 is 0 Å². The monoisotopic (exact) mass is 531 g/mol. The van der Waals surface area contributed by atoms with Gasteiger partial charge in [0.15, 0.2) is 0 Å². The molecule has 0 saturated heterocycles. The molecule has 0 bridgehead atoms. The summed E-state index contributed by atoms with van der Waals surface area (Å²) in [7, 11) is 0. The second kappa shape index (κ2) is 8.55. The third-order valence-corrected chi connectivity index (χ3v) is 7.78. The van der Waals surface area contributed by atoms with Gasteiger partial charge < -0.3 is 4.42 Å². The molecule has 0 atom stereocenters. The fourth-order valence-electron chi connectivity index (χ4n) is 5.92. The van der Waals surface area contributed by atoms with Gasteiger partial charge in [0.25, 0.3) is 0 Å². The van der Waals surface area contributed by atoms with Gasteiger partial charge in [-0.25, -0.2) is 0 Å². The molecule has 0 radical (unpaired) electrons. The van der Waals surface area contributed by atoms with Crippen molar-refractivity contribution in [2.75, 3.05) is 0 Å². The predicted octanol–water partition coefficient (Wildman–Crippen LogP) is 11.5. The number of rotatable bonds is 2. The Labute approximate surface area is 252 Å². The van der Waals surface area contributed by atoms with E-state index in [0.717, 1.165) is 27.3 Å². The number of furan rings is 1. The standard InChI is InChI=1S/C40H24O/c1-2-9-25(10-3-1)30-16-8-13-28-23-39-37(24-34(28)30)36-22-29(18-20-38(36)41-39)40-32-15-7-5-12-27(32)21-35-31-14-6-4-11-26(31)17-19-33(35)40/h1-24H/i4D,5D,6D,7D,11D,12D,14D,15D,17D,19D,21D. The predicted molar refractivity (Wildman–Crippen MR) is 175 cm³/mol. The highest BCUT2D eigenvalue weighted by molar-refractivity contribution is 6.21. The van der Waals surface area contributed by atoms with Gasteiger partial charge in [0.1, 0.15) is 11.2 Å². The van der Waals surface area contributed by atoms with Crippen LogP contribution in [0.2, 0.25) is 0 Å². The van der Waals surface area contributed by atoms with Crippen LogP contribution in [0.15, 0.2) is 150 Å². The highest BCUT2D eigenvalue weighted by Crippen LogP contribution is 2.42. The Hall–Kier alpha value is -5.40. The summed E-state index contributed by atoms with van der Waals surface area (Å²) in [5.41, 5.74) is 3.82. The smallest absolute Gasteiger partial charge is 0.136 e. The molecule has 0 aliphatic heterocycles. The molecule has 0 spiro atoms. The number of fused-ring (bicyclic) bond motifs is 8. The van der Waals surface area contributed by atoms with Crippen LogP contribution in [0, 0.1) is 0 Å². The van der Waals surface area contributed by atoms with E-state index in [0.29, 0.717) is 22.1 Å². The van der Waals surface area contributed by atoms with Crippen molar-refractivity contribution in [3.05, 3.63) is 145 Å². The number of hydrogen-bond donors (Lipinski definition) is 0. The van der Waals surface area contributed by atoms with Crippen molar-refractivity contribution >= 4 is 65.0 Å². The summed E-state index contributed by atoms with van der Waals surface area (Å²) < 4.78 is 103. The molecule has 9 rings (SSSR count). The summed E-state index contributed by atoms with van der Waals surface area (Å²) in [6.45, 7) is 0. The van der Waals surface area contributed by atoms with E-state index in [2.05, 4.69) is 12.1 Å². The lowest BCUT2D eigenvalue weighted by atomic mass is 9.89. The average Bonchev–Trinajstić information content (AvgIpc) is 3.51. The van der Waals surface area contributed by atoms with Crippen LogP contribution < -0.4 is 0 Å². The molecule has 0 amide bonds. The molecule has 0 saturated carbocycles. The highest BCUT2D eigenvalue weighted by Gasteiger charge is 2.16. The van der Waals surface area contributed by atoms with E-state index in [-0.39, 0.29) is 37.9 Å². The normalized spacial score (nSPS) is 15.7. The summed E-state index contributed by atoms with van der Waals surface area (Å²) in [6, 6.07) is 19.8. The number of benzene rings is 8. The van der Waals surface area contributed by atoms with Crippen LogP contribution in [-0.2, 0) is 0 Å². The molecular formula is C40H24O. The maximum absolute atomic E-state index is 9.36. The maximum Gasteiger partial charge on any atom is 0.136 e. The second-order valence-electron chi connectivity index (χ2n) is 10.1. The van der Waals surface area contributed by atoms with E-state index in [1.165, 1.54) is 0 Å². The van der Waals surface area contributed by atoms with Gasteiger partial charge in [-0.05, 0) is 95.7 Å². The fraction of sp³-hybridized carbons (Fsp3) is 0. The lowest BCUT2D eigenvalue weighted by Gasteiger charge is -2.14. The van der Waals surface area contributed by atoms with E-state index < -0.39 is 66.5 Å². The first-order chi connectivity index (χ1) is 24.9. The Bertz CT molecular complexity index is 3080. The van der Waals surface area contributed by atoms with Crippen molar-refractivity contribution in [1.82, 2.24) is 0 Å². The van der Waals surface area contributed by atoms with Crippen LogP contribution in [0.3, 0.4) is 0 Å². The molecule has 9 aromatic rings. The largest absolute Gasteiger partial charge is 0.456 e. The van der Waals surface area contributed by atoms with Gasteiger partial charge in [0, 0.05) is 10.8 Å². The topological polar surface area (TPSA) is 13.1 Å².